The number of aliphatic hydroxyl groups excluding tert-OH is 1. The average Bonchev–Trinajstić information content (AvgIpc) is 2.65. The molecule has 0 saturated carbocycles. The van der Waals surface area contributed by atoms with E-state index in [1.54, 1.807) is 42.6 Å². The molecule has 2 aromatic carbocycles. The van der Waals surface area contributed by atoms with Crippen LogP contribution < -0.4 is 9.47 Å². The summed E-state index contributed by atoms with van der Waals surface area (Å²) in [5.41, 5.74) is 0.575. The van der Waals surface area contributed by atoms with Gasteiger partial charge in [-0.25, -0.2) is 0 Å². The minimum atomic E-state index is -0.943. The number of esters is 1. The molecule has 0 bridgehead atoms. The minimum Gasteiger partial charge on any atom is -0.457 e. The molecule has 3 aromatic rings. The molecule has 25 heavy (non-hydrogen) atoms. The standard InChI is InChI=1S/C20H17NO4/c22-19(15-5-4-12-21-14-15)13-20(23)25-18-10-8-17(9-11-18)24-16-6-2-1-3-7-16/h1-12,14,19,22H,13H2. The first kappa shape index (κ1) is 16.7. The number of hydrogen-bond acceptors (Lipinski definition) is 5. The lowest BCUT2D eigenvalue weighted by atomic mass is 10.1. The smallest absolute Gasteiger partial charge is 0.314 e. The second-order valence-electron chi connectivity index (χ2n) is 5.37. The Hall–Kier alpha value is -3.18. The Labute approximate surface area is 145 Å². The average molecular weight is 335 g/mol. The predicted molar refractivity (Wildman–Crippen MR) is 92.4 cm³/mol. The van der Waals surface area contributed by atoms with Crippen LogP contribution >= 0.6 is 0 Å². The first-order valence-electron chi connectivity index (χ1n) is 7.82. The van der Waals surface area contributed by atoms with Crippen LogP contribution in [0.15, 0.2) is 79.1 Å². The third kappa shape index (κ3) is 4.89. The molecule has 1 aromatic heterocycles. The molecule has 0 amide bonds. The normalized spacial score (nSPS) is 11.6. The van der Waals surface area contributed by atoms with Gasteiger partial charge in [-0.15, -0.1) is 0 Å². The number of pyridine rings is 1. The lowest BCUT2D eigenvalue weighted by molar-refractivity contribution is -0.136. The van der Waals surface area contributed by atoms with Gasteiger partial charge in [0.2, 0.25) is 0 Å². The van der Waals surface area contributed by atoms with Crippen LogP contribution in [0.3, 0.4) is 0 Å². The lowest BCUT2D eigenvalue weighted by Gasteiger charge is -2.10. The van der Waals surface area contributed by atoms with Crippen LogP contribution in [0, 0.1) is 0 Å². The third-order valence-electron chi connectivity index (χ3n) is 3.46. The SMILES string of the molecule is O=C(CC(O)c1cccnc1)Oc1ccc(Oc2ccccc2)cc1. The molecule has 5 heteroatoms. The molecule has 0 aliphatic carbocycles. The number of aromatic nitrogens is 1. The van der Waals surface area contributed by atoms with Crippen LogP contribution in [-0.4, -0.2) is 16.1 Å². The van der Waals surface area contributed by atoms with Crippen molar-refractivity contribution in [3.63, 3.8) is 0 Å². The van der Waals surface area contributed by atoms with Crippen molar-refractivity contribution >= 4 is 5.97 Å². The second-order valence-corrected chi connectivity index (χ2v) is 5.37. The molecule has 3 rings (SSSR count). The van der Waals surface area contributed by atoms with Crippen LogP contribution in [0.2, 0.25) is 0 Å². The fourth-order valence-corrected chi connectivity index (χ4v) is 2.22. The Morgan fingerprint density at radius 1 is 0.920 bits per heavy atom. The van der Waals surface area contributed by atoms with Crippen molar-refractivity contribution in [1.82, 2.24) is 4.98 Å². The number of carbonyl (C=O) groups is 1. The Morgan fingerprint density at radius 2 is 1.60 bits per heavy atom. The summed E-state index contributed by atoms with van der Waals surface area (Å²) in [7, 11) is 0. The second kappa shape index (κ2) is 8.08. The van der Waals surface area contributed by atoms with Crippen LogP contribution in [0.4, 0.5) is 0 Å². The number of benzene rings is 2. The summed E-state index contributed by atoms with van der Waals surface area (Å²) < 4.78 is 10.9. The molecule has 5 nitrogen and oxygen atoms in total. The number of hydrogen-bond donors (Lipinski definition) is 1. The van der Waals surface area contributed by atoms with Gasteiger partial charge in [-0.2, -0.15) is 0 Å². The molecule has 0 saturated heterocycles. The lowest BCUT2D eigenvalue weighted by Crippen LogP contribution is -2.13. The van der Waals surface area contributed by atoms with Crippen molar-refractivity contribution < 1.29 is 19.4 Å². The molecule has 1 atom stereocenters. The highest BCUT2D eigenvalue weighted by atomic mass is 16.5. The molecule has 0 aliphatic heterocycles. The maximum absolute atomic E-state index is 11.9. The Kier molecular flexibility index (Phi) is 5.39. The van der Waals surface area contributed by atoms with Gasteiger partial charge >= 0.3 is 5.97 Å². The highest BCUT2D eigenvalue weighted by Crippen LogP contribution is 2.24. The van der Waals surface area contributed by atoms with E-state index >= 15 is 0 Å². The van der Waals surface area contributed by atoms with Crippen molar-refractivity contribution in [3.8, 4) is 17.2 Å². The molecular formula is C20H17NO4. The van der Waals surface area contributed by atoms with E-state index in [-0.39, 0.29) is 6.42 Å². The molecule has 1 N–H and O–H groups in total. The van der Waals surface area contributed by atoms with E-state index in [1.165, 1.54) is 6.20 Å². The maximum Gasteiger partial charge on any atom is 0.314 e. The van der Waals surface area contributed by atoms with Crippen molar-refractivity contribution in [2.24, 2.45) is 0 Å². The van der Waals surface area contributed by atoms with Gasteiger partial charge in [-0.3, -0.25) is 9.78 Å². The molecule has 126 valence electrons. The zero-order valence-corrected chi connectivity index (χ0v) is 13.4. The summed E-state index contributed by atoms with van der Waals surface area (Å²) in [4.78, 5) is 15.9. The quantitative estimate of drug-likeness (QED) is 0.546. The Morgan fingerprint density at radius 3 is 2.28 bits per heavy atom. The predicted octanol–water partition coefficient (Wildman–Crippen LogP) is 3.90. The number of carbonyl (C=O) groups excluding carboxylic acids is 1. The summed E-state index contributed by atoms with van der Waals surface area (Å²) >= 11 is 0. The summed E-state index contributed by atoms with van der Waals surface area (Å²) in [5.74, 6) is 1.24. The van der Waals surface area contributed by atoms with Gasteiger partial charge in [0.1, 0.15) is 17.2 Å². The number of nitrogens with zero attached hydrogens (tertiary/aromatic N) is 1. The number of aliphatic hydroxyl groups is 1. The topological polar surface area (TPSA) is 68.7 Å². The monoisotopic (exact) mass is 335 g/mol. The van der Waals surface area contributed by atoms with Crippen molar-refractivity contribution in [2.45, 2.75) is 12.5 Å². The first-order valence-corrected chi connectivity index (χ1v) is 7.82. The van der Waals surface area contributed by atoms with Gasteiger partial charge in [0.25, 0.3) is 0 Å². The zero-order valence-electron chi connectivity index (χ0n) is 13.4. The fraction of sp³-hybridized carbons (Fsp3) is 0.100. The van der Waals surface area contributed by atoms with Crippen molar-refractivity contribution in [1.29, 1.82) is 0 Å². The fourth-order valence-electron chi connectivity index (χ4n) is 2.22. The summed E-state index contributed by atoms with van der Waals surface area (Å²) in [6.07, 6.45) is 2.04. The van der Waals surface area contributed by atoms with E-state index in [9.17, 15) is 9.90 Å². The highest BCUT2D eigenvalue weighted by molar-refractivity contribution is 5.73. The van der Waals surface area contributed by atoms with E-state index in [0.717, 1.165) is 5.75 Å². The van der Waals surface area contributed by atoms with Gasteiger partial charge in [0.05, 0.1) is 12.5 Å². The number of para-hydroxylation sites is 1. The van der Waals surface area contributed by atoms with Gasteiger partial charge in [-0.1, -0.05) is 24.3 Å². The van der Waals surface area contributed by atoms with Crippen LogP contribution in [0.1, 0.15) is 18.1 Å². The van der Waals surface area contributed by atoms with E-state index < -0.39 is 12.1 Å². The molecule has 0 spiro atoms. The van der Waals surface area contributed by atoms with Crippen molar-refractivity contribution in [2.75, 3.05) is 0 Å². The largest absolute Gasteiger partial charge is 0.457 e. The summed E-state index contributed by atoms with van der Waals surface area (Å²) in [6.45, 7) is 0. The number of rotatable bonds is 6. The third-order valence-corrected chi connectivity index (χ3v) is 3.46. The Bertz CT molecular complexity index is 804. The van der Waals surface area contributed by atoms with Crippen LogP contribution in [0.25, 0.3) is 0 Å². The van der Waals surface area contributed by atoms with E-state index in [0.29, 0.717) is 17.1 Å². The summed E-state index contributed by atoms with van der Waals surface area (Å²) in [5, 5.41) is 10.0. The van der Waals surface area contributed by atoms with Gasteiger partial charge in [0.15, 0.2) is 0 Å². The van der Waals surface area contributed by atoms with E-state index in [1.807, 2.05) is 30.3 Å². The molecule has 0 aliphatic rings. The minimum absolute atomic E-state index is 0.145. The van der Waals surface area contributed by atoms with Gasteiger partial charge in [0, 0.05) is 12.4 Å². The molecular weight excluding hydrogens is 318 g/mol. The van der Waals surface area contributed by atoms with Crippen molar-refractivity contribution in [3.05, 3.63) is 84.7 Å². The maximum atomic E-state index is 11.9. The first-order chi connectivity index (χ1) is 12.2. The van der Waals surface area contributed by atoms with Crippen LogP contribution in [0.5, 0.6) is 17.2 Å². The zero-order chi connectivity index (χ0) is 17.5. The molecule has 0 radical (unpaired) electrons. The van der Waals surface area contributed by atoms with Gasteiger partial charge < -0.3 is 14.6 Å². The van der Waals surface area contributed by atoms with E-state index in [2.05, 4.69) is 4.98 Å². The molecule has 1 unspecified atom stereocenters. The van der Waals surface area contributed by atoms with Gasteiger partial charge in [-0.05, 0) is 48.0 Å². The number of ether oxygens (including phenoxy) is 2. The Balaban J connectivity index is 1.55. The van der Waals surface area contributed by atoms with Crippen LogP contribution in [-0.2, 0) is 4.79 Å². The van der Waals surface area contributed by atoms with E-state index in [4.69, 9.17) is 9.47 Å². The molecule has 1 heterocycles. The summed E-state index contributed by atoms with van der Waals surface area (Å²) in [6, 6.07) is 19.5. The molecule has 0 fully saturated rings. The highest BCUT2D eigenvalue weighted by Gasteiger charge is 2.15.